The second-order valence-electron chi connectivity index (χ2n) is 4.09. The van der Waals surface area contributed by atoms with Gasteiger partial charge in [-0.25, -0.2) is 0 Å². The summed E-state index contributed by atoms with van der Waals surface area (Å²) in [4.78, 5) is 1.07. The number of alkyl halides is 1. The summed E-state index contributed by atoms with van der Waals surface area (Å²) in [5.74, 6) is 1.82. The Morgan fingerprint density at radius 1 is 1.05 bits per heavy atom. The van der Waals surface area contributed by atoms with Gasteiger partial charge in [-0.15, -0.1) is 11.3 Å². The molecule has 21 heavy (non-hydrogen) atoms. The molecule has 1 unspecified atom stereocenters. The van der Waals surface area contributed by atoms with Crippen LogP contribution in [-0.2, 0) is 0 Å². The normalized spacial score (nSPS) is 12.1. The number of halogens is 3. The van der Waals surface area contributed by atoms with E-state index < -0.39 is 0 Å². The lowest BCUT2D eigenvalue weighted by Crippen LogP contribution is -1.98. The maximum absolute atomic E-state index is 6.11. The first-order valence-electron chi connectivity index (χ1n) is 5.90. The van der Waals surface area contributed by atoms with Gasteiger partial charge in [-0.1, -0.05) is 27.5 Å². The first-order valence-corrected chi connectivity index (χ1v) is 8.80. The van der Waals surface area contributed by atoms with Crippen molar-refractivity contribution in [2.75, 3.05) is 21.3 Å². The Balaban J connectivity index is 2.48. The van der Waals surface area contributed by atoms with Crippen LogP contribution in [0, 0.1) is 0 Å². The summed E-state index contributed by atoms with van der Waals surface area (Å²) in [6, 6.07) is 5.83. The molecule has 7 heteroatoms. The molecule has 1 atom stereocenters. The van der Waals surface area contributed by atoms with Crippen molar-refractivity contribution in [3.05, 3.63) is 37.4 Å². The molecular weight excluding hydrogens is 443 g/mol. The highest BCUT2D eigenvalue weighted by molar-refractivity contribution is 9.10. The molecule has 0 saturated heterocycles. The Labute approximate surface area is 149 Å². The number of hydrogen-bond donors (Lipinski definition) is 0. The van der Waals surface area contributed by atoms with Crippen LogP contribution in [0.2, 0.25) is 4.34 Å². The van der Waals surface area contributed by atoms with Crippen LogP contribution in [0.5, 0.6) is 17.2 Å². The van der Waals surface area contributed by atoms with Gasteiger partial charge in [0.05, 0.1) is 26.2 Å². The smallest absolute Gasteiger partial charge is 0.203 e. The van der Waals surface area contributed by atoms with Gasteiger partial charge >= 0.3 is 0 Å². The molecule has 0 spiro atoms. The SMILES string of the molecule is COc1cc(C(Br)c2cc(Br)c(Cl)s2)cc(OC)c1OC. The van der Waals surface area contributed by atoms with Gasteiger partial charge in [0, 0.05) is 9.35 Å². The number of benzene rings is 1. The van der Waals surface area contributed by atoms with E-state index in [-0.39, 0.29) is 4.83 Å². The van der Waals surface area contributed by atoms with E-state index in [2.05, 4.69) is 31.9 Å². The van der Waals surface area contributed by atoms with Crippen molar-refractivity contribution in [2.45, 2.75) is 4.83 Å². The molecule has 0 fully saturated rings. The van der Waals surface area contributed by atoms with Crippen LogP contribution in [0.25, 0.3) is 0 Å². The second-order valence-corrected chi connectivity index (χ2v) is 7.55. The molecule has 0 radical (unpaired) electrons. The van der Waals surface area contributed by atoms with Gasteiger partial charge in [-0.3, -0.25) is 0 Å². The summed E-state index contributed by atoms with van der Waals surface area (Å²) in [6.07, 6.45) is 0. The Morgan fingerprint density at radius 3 is 2.00 bits per heavy atom. The number of ether oxygens (including phenoxy) is 3. The summed E-state index contributed by atoms with van der Waals surface area (Å²) in [5, 5.41) is 0. The quantitative estimate of drug-likeness (QED) is 0.542. The van der Waals surface area contributed by atoms with E-state index in [1.807, 2.05) is 18.2 Å². The first kappa shape index (κ1) is 16.9. The van der Waals surface area contributed by atoms with Crippen LogP contribution in [0.3, 0.4) is 0 Å². The van der Waals surface area contributed by atoms with Gasteiger partial charge in [-0.05, 0) is 39.7 Å². The first-order chi connectivity index (χ1) is 10.0. The molecular formula is C14H13Br2ClO3S. The molecule has 1 aromatic heterocycles. The van der Waals surface area contributed by atoms with E-state index in [9.17, 15) is 0 Å². The summed E-state index contributed by atoms with van der Waals surface area (Å²) in [6.45, 7) is 0. The fourth-order valence-corrected chi connectivity index (χ4v) is 4.32. The van der Waals surface area contributed by atoms with Crippen LogP contribution >= 0.6 is 54.8 Å². The lowest BCUT2D eigenvalue weighted by atomic mass is 10.1. The molecule has 1 heterocycles. The molecule has 0 bridgehead atoms. The molecule has 3 nitrogen and oxygen atoms in total. The minimum Gasteiger partial charge on any atom is -0.493 e. The lowest BCUT2D eigenvalue weighted by molar-refractivity contribution is 0.324. The third kappa shape index (κ3) is 3.50. The molecule has 0 aliphatic rings. The van der Waals surface area contributed by atoms with Gasteiger partial charge in [0.2, 0.25) is 5.75 Å². The number of rotatable bonds is 5. The zero-order chi connectivity index (χ0) is 15.6. The molecule has 0 aliphatic heterocycles. The average Bonchev–Trinajstić information content (AvgIpc) is 2.84. The highest BCUT2D eigenvalue weighted by Crippen LogP contribution is 2.46. The van der Waals surface area contributed by atoms with Gasteiger partial charge in [0.1, 0.15) is 4.34 Å². The molecule has 114 valence electrons. The van der Waals surface area contributed by atoms with Crippen molar-refractivity contribution in [3.63, 3.8) is 0 Å². The second kappa shape index (κ2) is 7.22. The number of thiophene rings is 1. The van der Waals surface area contributed by atoms with Crippen LogP contribution in [0.4, 0.5) is 0 Å². The van der Waals surface area contributed by atoms with Gasteiger partial charge in [-0.2, -0.15) is 0 Å². The van der Waals surface area contributed by atoms with Crippen LogP contribution < -0.4 is 14.2 Å². The van der Waals surface area contributed by atoms with Gasteiger partial charge in [0.15, 0.2) is 11.5 Å². The van der Waals surface area contributed by atoms with Crippen LogP contribution in [-0.4, -0.2) is 21.3 Å². The Morgan fingerprint density at radius 2 is 1.62 bits per heavy atom. The van der Waals surface area contributed by atoms with E-state index in [1.54, 1.807) is 21.3 Å². The predicted molar refractivity (Wildman–Crippen MR) is 93.9 cm³/mol. The molecule has 0 saturated carbocycles. The van der Waals surface area contributed by atoms with Crippen molar-refractivity contribution < 1.29 is 14.2 Å². The molecule has 2 rings (SSSR count). The van der Waals surface area contributed by atoms with Crippen molar-refractivity contribution in [2.24, 2.45) is 0 Å². The Hall–Kier alpha value is -0.430. The summed E-state index contributed by atoms with van der Waals surface area (Å²) in [5.41, 5.74) is 0.995. The molecule has 2 aromatic rings. The van der Waals surface area contributed by atoms with E-state index >= 15 is 0 Å². The van der Waals surface area contributed by atoms with Crippen molar-refractivity contribution in [3.8, 4) is 17.2 Å². The maximum atomic E-state index is 6.11. The molecule has 0 amide bonds. The third-order valence-electron chi connectivity index (χ3n) is 2.89. The zero-order valence-electron chi connectivity index (χ0n) is 11.6. The molecule has 0 N–H and O–H groups in total. The predicted octanol–water partition coefficient (Wildman–Crippen LogP) is 5.67. The monoisotopic (exact) mass is 454 g/mol. The van der Waals surface area contributed by atoms with Crippen molar-refractivity contribution in [1.29, 1.82) is 0 Å². The van der Waals surface area contributed by atoms with Gasteiger partial charge in [0.25, 0.3) is 0 Å². The number of methoxy groups -OCH3 is 3. The van der Waals surface area contributed by atoms with E-state index in [0.29, 0.717) is 17.2 Å². The van der Waals surface area contributed by atoms with E-state index in [1.165, 1.54) is 11.3 Å². The lowest BCUT2D eigenvalue weighted by Gasteiger charge is -2.16. The fraction of sp³-hybridized carbons (Fsp3) is 0.286. The van der Waals surface area contributed by atoms with Crippen molar-refractivity contribution in [1.82, 2.24) is 0 Å². The Bertz CT molecular complexity index is 601. The zero-order valence-corrected chi connectivity index (χ0v) is 16.3. The minimum absolute atomic E-state index is 0.0139. The Kier molecular flexibility index (Phi) is 5.82. The summed E-state index contributed by atoms with van der Waals surface area (Å²) >= 11 is 14.7. The number of hydrogen-bond acceptors (Lipinski definition) is 4. The molecule has 1 aromatic carbocycles. The van der Waals surface area contributed by atoms with Crippen molar-refractivity contribution >= 4 is 54.8 Å². The van der Waals surface area contributed by atoms with Crippen LogP contribution in [0.1, 0.15) is 15.3 Å². The minimum atomic E-state index is -0.0139. The van der Waals surface area contributed by atoms with Crippen LogP contribution in [0.15, 0.2) is 22.7 Å². The maximum Gasteiger partial charge on any atom is 0.203 e. The highest BCUT2D eigenvalue weighted by atomic mass is 79.9. The fourth-order valence-electron chi connectivity index (χ4n) is 1.90. The summed E-state index contributed by atoms with van der Waals surface area (Å²) in [7, 11) is 4.79. The third-order valence-corrected chi connectivity index (χ3v) is 6.76. The van der Waals surface area contributed by atoms with Gasteiger partial charge < -0.3 is 14.2 Å². The standard InChI is InChI=1S/C14H13Br2ClO3S/c1-18-9-4-7(5-10(19-2)13(9)20-3)12(16)11-6-8(15)14(17)21-11/h4-6,12H,1-3H3. The van der Waals surface area contributed by atoms with E-state index in [4.69, 9.17) is 25.8 Å². The van der Waals surface area contributed by atoms with E-state index in [0.717, 1.165) is 19.2 Å². The largest absolute Gasteiger partial charge is 0.493 e. The highest BCUT2D eigenvalue weighted by Gasteiger charge is 2.20. The average molecular weight is 457 g/mol. The molecule has 0 aliphatic carbocycles. The topological polar surface area (TPSA) is 27.7 Å². The summed E-state index contributed by atoms with van der Waals surface area (Å²) < 4.78 is 17.7.